The standard InChI is InChI=1S/C15H25N3OS/c1-2-5-13(12-16)17-7-9-18(10-8-17)15(19)14-6-3-4-11-20-14/h13-14H,2-11H2,1H3. The molecule has 2 rings (SSSR count). The Morgan fingerprint density at radius 2 is 2.10 bits per heavy atom. The van der Waals surface area contributed by atoms with Gasteiger partial charge in [0.15, 0.2) is 0 Å². The van der Waals surface area contributed by atoms with Crippen LogP contribution in [0.2, 0.25) is 0 Å². The molecule has 2 aliphatic heterocycles. The Labute approximate surface area is 126 Å². The number of nitrogens with zero attached hydrogens (tertiary/aromatic N) is 3. The quantitative estimate of drug-likeness (QED) is 0.797. The third kappa shape index (κ3) is 3.89. The van der Waals surface area contributed by atoms with Gasteiger partial charge in [0.25, 0.3) is 0 Å². The fraction of sp³-hybridized carbons (Fsp3) is 0.867. The van der Waals surface area contributed by atoms with Gasteiger partial charge >= 0.3 is 0 Å². The number of hydrogen-bond donors (Lipinski definition) is 0. The van der Waals surface area contributed by atoms with Gasteiger partial charge in [-0.25, -0.2) is 0 Å². The third-order valence-electron chi connectivity index (χ3n) is 4.23. The molecule has 2 heterocycles. The average molecular weight is 295 g/mol. The number of carbonyl (C=O) groups is 1. The molecular weight excluding hydrogens is 270 g/mol. The van der Waals surface area contributed by atoms with Crippen LogP contribution in [-0.4, -0.2) is 58.9 Å². The zero-order chi connectivity index (χ0) is 14.4. The van der Waals surface area contributed by atoms with Crippen LogP contribution in [0.5, 0.6) is 0 Å². The van der Waals surface area contributed by atoms with Gasteiger partial charge in [-0.2, -0.15) is 5.26 Å². The Hall–Kier alpha value is -0.730. The van der Waals surface area contributed by atoms with Crippen LogP contribution in [-0.2, 0) is 4.79 Å². The lowest BCUT2D eigenvalue weighted by atomic mass is 10.1. The first kappa shape index (κ1) is 15.7. The van der Waals surface area contributed by atoms with Crippen molar-refractivity contribution >= 4 is 17.7 Å². The lowest BCUT2D eigenvalue weighted by Crippen LogP contribution is -2.53. The Kier molecular flexibility index (Phi) is 6.18. The molecule has 0 saturated carbocycles. The van der Waals surface area contributed by atoms with Crippen molar-refractivity contribution < 1.29 is 4.79 Å². The van der Waals surface area contributed by atoms with Crippen molar-refractivity contribution in [3.8, 4) is 6.07 Å². The summed E-state index contributed by atoms with van der Waals surface area (Å²) < 4.78 is 0. The highest BCUT2D eigenvalue weighted by molar-refractivity contribution is 8.00. The predicted octanol–water partition coefficient (Wildman–Crippen LogP) is 2.11. The van der Waals surface area contributed by atoms with Gasteiger partial charge in [0.2, 0.25) is 5.91 Å². The van der Waals surface area contributed by atoms with Gasteiger partial charge in [-0.15, -0.1) is 11.8 Å². The van der Waals surface area contributed by atoms with Gasteiger partial charge in [0.05, 0.1) is 17.4 Å². The van der Waals surface area contributed by atoms with Gasteiger partial charge in [0, 0.05) is 26.2 Å². The molecule has 0 bridgehead atoms. The van der Waals surface area contributed by atoms with E-state index in [0.29, 0.717) is 5.91 Å². The predicted molar refractivity (Wildman–Crippen MR) is 82.6 cm³/mol. The van der Waals surface area contributed by atoms with E-state index in [1.807, 2.05) is 16.7 Å². The zero-order valence-corrected chi connectivity index (χ0v) is 13.2. The molecule has 0 aromatic heterocycles. The van der Waals surface area contributed by atoms with Crippen molar-refractivity contribution in [2.75, 3.05) is 31.9 Å². The second-order valence-corrected chi connectivity index (χ2v) is 6.96. The van der Waals surface area contributed by atoms with E-state index < -0.39 is 0 Å². The molecule has 0 aromatic carbocycles. The number of carbonyl (C=O) groups excluding carboxylic acids is 1. The minimum absolute atomic E-state index is 0.0290. The van der Waals surface area contributed by atoms with E-state index in [-0.39, 0.29) is 11.3 Å². The van der Waals surface area contributed by atoms with E-state index in [9.17, 15) is 10.1 Å². The Balaban J connectivity index is 1.81. The lowest BCUT2D eigenvalue weighted by Gasteiger charge is -2.38. The molecule has 20 heavy (non-hydrogen) atoms. The first-order valence-electron chi connectivity index (χ1n) is 7.80. The first-order valence-corrected chi connectivity index (χ1v) is 8.85. The number of hydrogen-bond acceptors (Lipinski definition) is 4. The smallest absolute Gasteiger partial charge is 0.235 e. The molecule has 4 nitrogen and oxygen atoms in total. The summed E-state index contributed by atoms with van der Waals surface area (Å²) >= 11 is 1.83. The summed E-state index contributed by atoms with van der Waals surface area (Å²) in [6, 6.07) is 2.43. The molecule has 0 aliphatic carbocycles. The topological polar surface area (TPSA) is 47.3 Å². The zero-order valence-electron chi connectivity index (χ0n) is 12.4. The first-order chi connectivity index (χ1) is 9.76. The molecule has 5 heteroatoms. The number of nitriles is 1. The van der Waals surface area contributed by atoms with E-state index in [4.69, 9.17) is 0 Å². The third-order valence-corrected chi connectivity index (χ3v) is 5.60. The summed E-state index contributed by atoms with van der Waals surface area (Å²) in [5.41, 5.74) is 0. The van der Waals surface area contributed by atoms with Crippen LogP contribution in [0.1, 0.15) is 39.0 Å². The summed E-state index contributed by atoms with van der Waals surface area (Å²) in [7, 11) is 0. The fourth-order valence-corrected chi connectivity index (χ4v) is 4.28. The largest absolute Gasteiger partial charge is 0.339 e. The van der Waals surface area contributed by atoms with E-state index >= 15 is 0 Å². The summed E-state index contributed by atoms with van der Waals surface area (Å²) in [4.78, 5) is 16.7. The molecule has 0 radical (unpaired) electrons. The summed E-state index contributed by atoms with van der Waals surface area (Å²) in [5.74, 6) is 1.46. The average Bonchev–Trinajstić information content (AvgIpc) is 2.53. The Bertz CT molecular complexity index is 355. The van der Waals surface area contributed by atoms with E-state index in [1.54, 1.807) is 0 Å². The fourth-order valence-electron chi connectivity index (χ4n) is 3.00. The second-order valence-electron chi connectivity index (χ2n) is 5.65. The van der Waals surface area contributed by atoms with Gasteiger partial charge in [-0.3, -0.25) is 9.69 Å². The molecule has 1 amide bonds. The maximum Gasteiger partial charge on any atom is 0.235 e. The molecule has 2 aliphatic rings. The number of amides is 1. The van der Waals surface area contributed by atoms with Crippen LogP contribution in [0.25, 0.3) is 0 Å². The summed E-state index contributed by atoms with van der Waals surface area (Å²) in [6.45, 7) is 5.39. The number of rotatable bonds is 4. The van der Waals surface area contributed by atoms with Crippen molar-refractivity contribution in [1.82, 2.24) is 9.80 Å². The monoisotopic (exact) mass is 295 g/mol. The van der Waals surface area contributed by atoms with Gasteiger partial charge in [-0.05, 0) is 25.0 Å². The van der Waals surface area contributed by atoms with Crippen LogP contribution in [0.15, 0.2) is 0 Å². The molecule has 2 saturated heterocycles. The highest BCUT2D eigenvalue weighted by Gasteiger charge is 2.30. The highest BCUT2D eigenvalue weighted by Crippen LogP contribution is 2.27. The molecular formula is C15H25N3OS. The van der Waals surface area contributed by atoms with Crippen molar-refractivity contribution in [2.45, 2.75) is 50.3 Å². The Morgan fingerprint density at radius 1 is 1.35 bits per heavy atom. The minimum atomic E-state index is 0.0290. The van der Waals surface area contributed by atoms with Crippen LogP contribution in [0.4, 0.5) is 0 Å². The van der Waals surface area contributed by atoms with Crippen LogP contribution >= 0.6 is 11.8 Å². The van der Waals surface area contributed by atoms with Gasteiger partial charge in [-0.1, -0.05) is 19.8 Å². The van der Waals surface area contributed by atoms with Crippen LogP contribution in [0, 0.1) is 11.3 Å². The van der Waals surface area contributed by atoms with E-state index in [0.717, 1.165) is 51.2 Å². The SMILES string of the molecule is CCCC(C#N)N1CCN(C(=O)C2CCCCS2)CC1. The Morgan fingerprint density at radius 3 is 2.65 bits per heavy atom. The maximum absolute atomic E-state index is 12.4. The number of piperazine rings is 1. The van der Waals surface area contributed by atoms with Crippen LogP contribution < -0.4 is 0 Å². The van der Waals surface area contributed by atoms with Crippen molar-refractivity contribution in [3.63, 3.8) is 0 Å². The lowest BCUT2D eigenvalue weighted by molar-refractivity contribution is -0.132. The molecule has 2 fully saturated rings. The van der Waals surface area contributed by atoms with Gasteiger partial charge < -0.3 is 4.90 Å². The summed E-state index contributed by atoms with van der Waals surface area (Å²) in [6.07, 6.45) is 5.46. The molecule has 2 atom stereocenters. The van der Waals surface area contributed by atoms with Crippen molar-refractivity contribution in [1.29, 1.82) is 5.26 Å². The number of thioether (sulfide) groups is 1. The summed E-state index contributed by atoms with van der Waals surface area (Å²) in [5, 5.41) is 9.41. The van der Waals surface area contributed by atoms with Gasteiger partial charge in [0.1, 0.15) is 0 Å². The minimum Gasteiger partial charge on any atom is -0.339 e. The second kappa shape index (κ2) is 7.90. The normalized spacial score (nSPS) is 26.0. The van der Waals surface area contributed by atoms with E-state index in [2.05, 4.69) is 17.9 Å². The molecule has 0 aromatic rings. The molecule has 0 spiro atoms. The van der Waals surface area contributed by atoms with Crippen molar-refractivity contribution in [3.05, 3.63) is 0 Å². The molecule has 112 valence electrons. The molecule has 2 unspecified atom stereocenters. The van der Waals surface area contributed by atoms with Crippen LogP contribution in [0.3, 0.4) is 0 Å². The maximum atomic E-state index is 12.4. The van der Waals surface area contributed by atoms with Crippen molar-refractivity contribution in [2.24, 2.45) is 0 Å². The highest BCUT2D eigenvalue weighted by atomic mass is 32.2. The molecule has 0 N–H and O–H groups in total. The van der Waals surface area contributed by atoms with E-state index in [1.165, 1.54) is 12.8 Å².